The van der Waals surface area contributed by atoms with Crippen molar-refractivity contribution < 1.29 is 9.59 Å². The summed E-state index contributed by atoms with van der Waals surface area (Å²) in [5, 5.41) is 8.83. The average molecular weight is 421 g/mol. The maximum absolute atomic E-state index is 12.1. The van der Waals surface area contributed by atoms with Crippen LogP contribution in [0.25, 0.3) is 10.9 Å². The SMILES string of the molecule is O=C(CSc1nc(Nc2ccccc2)c2ccccc2n1)NC(=O)c1cccs1. The van der Waals surface area contributed by atoms with E-state index in [1.807, 2.05) is 54.6 Å². The second kappa shape index (κ2) is 8.85. The molecule has 8 heteroatoms. The number of rotatable bonds is 6. The van der Waals surface area contributed by atoms with Gasteiger partial charge in [0.25, 0.3) is 5.91 Å². The predicted octanol–water partition coefficient (Wildman–Crippen LogP) is 4.48. The highest BCUT2D eigenvalue weighted by Crippen LogP contribution is 2.26. The van der Waals surface area contributed by atoms with Gasteiger partial charge in [-0.05, 0) is 35.7 Å². The number of carbonyl (C=O) groups excluding carboxylic acids is 2. The van der Waals surface area contributed by atoms with Gasteiger partial charge in [0.05, 0.1) is 16.1 Å². The van der Waals surface area contributed by atoms with Crippen molar-refractivity contribution in [2.75, 3.05) is 11.1 Å². The molecule has 0 fully saturated rings. The molecule has 2 heterocycles. The third-order valence-corrected chi connectivity index (χ3v) is 5.67. The van der Waals surface area contributed by atoms with Gasteiger partial charge < -0.3 is 5.32 Å². The maximum Gasteiger partial charge on any atom is 0.267 e. The van der Waals surface area contributed by atoms with Crippen molar-refractivity contribution in [2.45, 2.75) is 5.16 Å². The summed E-state index contributed by atoms with van der Waals surface area (Å²) in [6.07, 6.45) is 0. The van der Waals surface area contributed by atoms with Crippen LogP contribution in [0.3, 0.4) is 0 Å². The number of aromatic nitrogens is 2. The van der Waals surface area contributed by atoms with Crippen molar-refractivity contribution in [2.24, 2.45) is 0 Å². The van der Waals surface area contributed by atoms with Crippen LogP contribution < -0.4 is 10.6 Å². The monoisotopic (exact) mass is 420 g/mol. The highest BCUT2D eigenvalue weighted by Gasteiger charge is 2.14. The molecule has 0 saturated carbocycles. The van der Waals surface area contributed by atoms with E-state index in [9.17, 15) is 9.59 Å². The Morgan fingerprint density at radius 2 is 1.72 bits per heavy atom. The topological polar surface area (TPSA) is 84.0 Å². The number of anilines is 2. The van der Waals surface area contributed by atoms with E-state index in [4.69, 9.17) is 0 Å². The average Bonchev–Trinajstić information content (AvgIpc) is 3.28. The molecule has 29 heavy (non-hydrogen) atoms. The maximum atomic E-state index is 12.1. The Morgan fingerprint density at radius 3 is 2.52 bits per heavy atom. The van der Waals surface area contributed by atoms with E-state index in [0.29, 0.717) is 15.9 Å². The van der Waals surface area contributed by atoms with Gasteiger partial charge in [0, 0.05) is 11.1 Å². The third-order valence-electron chi connectivity index (χ3n) is 3.95. The number of thiophene rings is 1. The Kier molecular flexibility index (Phi) is 5.83. The van der Waals surface area contributed by atoms with E-state index in [-0.39, 0.29) is 11.7 Å². The van der Waals surface area contributed by atoms with Crippen LogP contribution in [0, 0.1) is 0 Å². The number of hydrogen-bond acceptors (Lipinski definition) is 7. The molecule has 0 saturated heterocycles. The second-order valence-corrected chi connectivity index (χ2v) is 7.90. The number of para-hydroxylation sites is 2. The summed E-state index contributed by atoms with van der Waals surface area (Å²) < 4.78 is 0. The molecule has 144 valence electrons. The molecule has 0 aliphatic carbocycles. The molecule has 6 nitrogen and oxygen atoms in total. The zero-order chi connectivity index (χ0) is 20.1. The molecule has 0 radical (unpaired) electrons. The van der Waals surface area contributed by atoms with Crippen molar-refractivity contribution >= 4 is 57.3 Å². The summed E-state index contributed by atoms with van der Waals surface area (Å²) in [5.41, 5.74) is 1.69. The van der Waals surface area contributed by atoms with E-state index >= 15 is 0 Å². The van der Waals surface area contributed by atoms with Gasteiger partial charge >= 0.3 is 0 Å². The van der Waals surface area contributed by atoms with Crippen LogP contribution in [0.4, 0.5) is 11.5 Å². The minimum absolute atomic E-state index is 0.0419. The number of imide groups is 1. The fraction of sp³-hybridized carbons (Fsp3) is 0.0476. The molecule has 0 spiro atoms. The molecule has 0 aliphatic heterocycles. The highest BCUT2D eigenvalue weighted by atomic mass is 32.2. The van der Waals surface area contributed by atoms with Crippen molar-refractivity contribution in [3.05, 3.63) is 77.0 Å². The van der Waals surface area contributed by atoms with Gasteiger partial charge in [0.15, 0.2) is 5.16 Å². The molecule has 4 aromatic rings. The standard InChI is InChI=1S/C21H16N4O2S2/c26-18(24-20(27)17-11-6-12-28-17)13-29-21-23-16-10-5-4-9-15(16)19(25-21)22-14-7-2-1-3-8-14/h1-12H,13H2,(H,22,23,25)(H,24,26,27). The Bertz CT molecular complexity index is 1150. The lowest BCUT2D eigenvalue weighted by molar-refractivity contribution is -0.117. The second-order valence-electron chi connectivity index (χ2n) is 6.01. The van der Waals surface area contributed by atoms with Crippen LogP contribution in [0.15, 0.2) is 77.3 Å². The van der Waals surface area contributed by atoms with Gasteiger partial charge in [-0.1, -0.05) is 48.2 Å². The Hall–Kier alpha value is -3.23. The predicted molar refractivity (Wildman–Crippen MR) is 117 cm³/mol. The number of hydrogen-bond donors (Lipinski definition) is 2. The molecule has 0 aliphatic rings. The van der Waals surface area contributed by atoms with Gasteiger partial charge in [-0.25, -0.2) is 9.97 Å². The van der Waals surface area contributed by atoms with E-state index in [2.05, 4.69) is 20.6 Å². The fourth-order valence-corrected chi connectivity index (χ4v) is 3.91. The smallest absolute Gasteiger partial charge is 0.267 e. The summed E-state index contributed by atoms with van der Waals surface area (Å²) in [6, 6.07) is 20.9. The molecule has 2 aromatic heterocycles. The highest BCUT2D eigenvalue weighted by molar-refractivity contribution is 7.99. The number of nitrogens with zero attached hydrogens (tertiary/aromatic N) is 2. The number of benzene rings is 2. The van der Waals surface area contributed by atoms with Gasteiger partial charge in [0.1, 0.15) is 5.82 Å². The first kappa shape index (κ1) is 19.1. The molecular weight excluding hydrogens is 404 g/mol. The van der Waals surface area contributed by atoms with Gasteiger partial charge in [-0.3, -0.25) is 14.9 Å². The molecule has 0 bridgehead atoms. The van der Waals surface area contributed by atoms with E-state index in [1.54, 1.807) is 17.5 Å². The normalized spacial score (nSPS) is 10.6. The minimum Gasteiger partial charge on any atom is -0.340 e. The van der Waals surface area contributed by atoms with Crippen LogP contribution in [0.5, 0.6) is 0 Å². The fourth-order valence-electron chi connectivity index (χ4n) is 2.64. The quantitative estimate of drug-likeness (QED) is 0.353. The first-order valence-corrected chi connectivity index (χ1v) is 10.6. The number of fused-ring (bicyclic) bond motifs is 1. The van der Waals surface area contributed by atoms with Gasteiger partial charge in [-0.2, -0.15) is 0 Å². The zero-order valence-corrected chi connectivity index (χ0v) is 16.8. The zero-order valence-electron chi connectivity index (χ0n) is 15.2. The van der Waals surface area contributed by atoms with Gasteiger partial charge in [0.2, 0.25) is 5.91 Å². The van der Waals surface area contributed by atoms with E-state index in [0.717, 1.165) is 16.6 Å². The Balaban J connectivity index is 1.50. The minimum atomic E-state index is -0.392. The van der Waals surface area contributed by atoms with Crippen LogP contribution >= 0.6 is 23.1 Å². The molecular formula is C21H16N4O2S2. The summed E-state index contributed by atoms with van der Waals surface area (Å²) in [6.45, 7) is 0. The summed E-state index contributed by atoms with van der Waals surface area (Å²) in [4.78, 5) is 33.7. The molecule has 2 aromatic carbocycles. The lowest BCUT2D eigenvalue weighted by Gasteiger charge is -2.10. The van der Waals surface area contributed by atoms with Crippen molar-refractivity contribution in [3.63, 3.8) is 0 Å². The molecule has 2 amide bonds. The third kappa shape index (κ3) is 4.79. The lowest BCUT2D eigenvalue weighted by Crippen LogP contribution is -2.31. The number of amides is 2. The Morgan fingerprint density at radius 1 is 0.931 bits per heavy atom. The van der Waals surface area contributed by atoms with Crippen LogP contribution in [-0.2, 0) is 4.79 Å². The van der Waals surface area contributed by atoms with Crippen molar-refractivity contribution in [3.8, 4) is 0 Å². The lowest BCUT2D eigenvalue weighted by atomic mass is 10.2. The van der Waals surface area contributed by atoms with Crippen molar-refractivity contribution in [1.82, 2.24) is 15.3 Å². The number of thioether (sulfide) groups is 1. The first-order valence-electron chi connectivity index (χ1n) is 8.78. The van der Waals surface area contributed by atoms with Crippen molar-refractivity contribution in [1.29, 1.82) is 0 Å². The Labute approximate surface area is 175 Å². The summed E-state index contributed by atoms with van der Waals surface area (Å²) >= 11 is 2.47. The molecule has 2 N–H and O–H groups in total. The van der Waals surface area contributed by atoms with Crippen LogP contribution in [0.2, 0.25) is 0 Å². The number of nitrogens with one attached hydrogen (secondary N) is 2. The molecule has 0 atom stereocenters. The summed E-state index contributed by atoms with van der Waals surface area (Å²) in [5.74, 6) is -0.0705. The number of carbonyl (C=O) groups is 2. The summed E-state index contributed by atoms with van der Waals surface area (Å²) in [7, 11) is 0. The largest absolute Gasteiger partial charge is 0.340 e. The van der Waals surface area contributed by atoms with Gasteiger partial charge in [-0.15, -0.1) is 11.3 Å². The molecule has 4 rings (SSSR count). The first-order chi connectivity index (χ1) is 14.2. The van der Waals surface area contributed by atoms with Crippen LogP contribution in [0.1, 0.15) is 9.67 Å². The van der Waals surface area contributed by atoms with E-state index in [1.165, 1.54) is 23.1 Å². The van der Waals surface area contributed by atoms with Crippen LogP contribution in [-0.4, -0.2) is 27.5 Å². The van der Waals surface area contributed by atoms with E-state index < -0.39 is 5.91 Å². The molecule has 0 unspecified atom stereocenters.